The van der Waals surface area contributed by atoms with Crippen molar-refractivity contribution in [2.24, 2.45) is 0 Å². The normalized spacial score (nSPS) is 12.3. The first-order chi connectivity index (χ1) is 9.44. The molecule has 0 aliphatic heterocycles. The van der Waals surface area contributed by atoms with Crippen LogP contribution in [-0.2, 0) is 22.7 Å². The summed E-state index contributed by atoms with van der Waals surface area (Å²) in [6.07, 6.45) is -11.8. The van der Waals surface area contributed by atoms with Crippen molar-refractivity contribution in [2.75, 3.05) is 0 Å². The molecule has 0 spiro atoms. The van der Waals surface area contributed by atoms with Crippen molar-refractivity contribution in [3.05, 3.63) is 22.9 Å². The van der Waals surface area contributed by atoms with E-state index in [1.165, 1.54) is 0 Å². The zero-order valence-electron chi connectivity index (χ0n) is 9.85. The first-order valence-electron chi connectivity index (χ1n) is 5.07. The van der Waals surface area contributed by atoms with Crippen molar-refractivity contribution in [3.63, 3.8) is 0 Å². The molecule has 0 aliphatic carbocycles. The lowest BCUT2D eigenvalue weighted by molar-refractivity contribution is -0.278. The Hall–Kier alpha value is -1.52. The minimum atomic E-state index is -5.39. The van der Waals surface area contributed by atoms with E-state index in [2.05, 4.69) is 25.7 Å². The van der Waals surface area contributed by atoms with Gasteiger partial charge in [0, 0.05) is 5.33 Å². The highest BCUT2D eigenvalue weighted by molar-refractivity contribution is 9.08. The molecule has 118 valence electrons. The van der Waals surface area contributed by atoms with Gasteiger partial charge in [0.05, 0.1) is 12.1 Å². The molecule has 0 amide bonds. The van der Waals surface area contributed by atoms with Crippen LogP contribution in [0.25, 0.3) is 0 Å². The fourth-order valence-corrected chi connectivity index (χ4v) is 1.77. The smallest absolute Gasteiger partial charge is 0.481 e. The van der Waals surface area contributed by atoms with Crippen molar-refractivity contribution in [3.8, 4) is 5.88 Å². The molecular weight excluding hydrogens is 376 g/mol. The molecule has 1 aromatic heterocycles. The van der Waals surface area contributed by atoms with Crippen LogP contribution in [0, 0.1) is 0 Å². The predicted molar refractivity (Wildman–Crippen MR) is 59.9 cm³/mol. The van der Waals surface area contributed by atoms with Gasteiger partial charge in [-0.15, -0.1) is 13.2 Å². The number of hydrogen-bond donors (Lipinski definition) is 1. The van der Waals surface area contributed by atoms with Gasteiger partial charge in [0.25, 0.3) is 0 Å². The summed E-state index contributed by atoms with van der Waals surface area (Å²) in [6, 6.07) is 0.759. The van der Waals surface area contributed by atoms with Gasteiger partial charge in [-0.2, -0.15) is 13.2 Å². The predicted octanol–water partition coefficient (Wildman–Crippen LogP) is 3.52. The molecule has 0 aliphatic rings. The molecule has 11 heteroatoms. The van der Waals surface area contributed by atoms with Gasteiger partial charge in [-0.25, -0.2) is 4.98 Å². The second-order valence-corrected chi connectivity index (χ2v) is 4.26. The minimum absolute atomic E-state index is 0.175. The number of carboxylic acid groups (broad SMARTS) is 1. The van der Waals surface area contributed by atoms with E-state index in [9.17, 15) is 31.1 Å². The summed E-state index contributed by atoms with van der Waals surface area (Å²) >= 11 is 2.82. The van der Waals surface area contributed by atoms with Crippen LogP contribution in [0.2, 0.25) is 0 Å². The standard InChI is InChI=1S/C10H6BrF6NO3/c11-3-5-1-4(2-6(19)20)7(9(12,13)14)8(18-5)21-10(15,16)17/h1H,2-3H2,(H,19,20). The fourth-order valence-electron chi connectivity index (χ4n) is 1.49. The third-order valence-corrected chi connectivity index (χ3v) is 2.67. The molecule has 1 aromatic rings. The van der Waals surface area contributed by atoms with E-state index in [0.717, 1.165) is 6.07 Å². The van der Waals surface area contributed by atoms with Gasteiger partial charge in [-0.3, -0.25) is 4.79 Å². The van der Waals surface area contributed by atoms with E-state index in [0.29, 0.717) is 0 Å². The molecule has 21 heavy (non-hydrogen) atoms. The molecule has 1 N–H and O–H groups in total. The van der Waals surface area contributed by atoms with E-state index in [-0.39, 0.29) is 11.0 Å². The van der Waals surface area contributed by atoms with E-state index in [1.807, 2.05) is 0 Å². The second kappa shape index (κ2) is 6.08. The Morgan fingerprint density at radius 1 is 1.29 bits per heavy atom. The fraction of sp³-hybridized carbons (Fsp3) is 0.400. The third kappa shape index (κ3) is 5.06. The van der Waals surface area contributed by atoms with Crippen LogP contribution in [0.1, 0.15) is 16.8 Å². The molecule has 4 nitrogen and oxygen atoms in total. The first-order valence-corrected chi connectivity index (χ1v) is 6.19. The summed E-state index contributed by atoms with van der Waals surface area (Å²) < 4.78 is 78.5. The molecule has 0 atom stereocenters. The Morgan fingerprint density at radius 3 is 2.24 bits per heavy atom. The number of halogens is 7. The minimum Gasteiger partial charge on any atom is -0.481 e. The summed E-state index contributed by atoms with van der Waals surface area (Å²) in [5, 5.41) is 8.41. The number of carboxylic acids is 1. The lowest BCUT2D eigenvalue weighted by Gasteiger charge is -2.18. The van der Waals surface area contributed by atoms with Crippen LogP contribution < -0.4 is 4.74 Å². The van der Waals surface area contributed by atoms with E-state index in [1.54, 1.807) is 0 Å². The average Bonchev–Trinajstić information content (AvgIpc) is 2.23. The van der Waals surface area contributed by atoms with Crippen LogP contribution in [0.15, 0.2) is 6.07 Å². The van der Waals surface area contributed by atoms with Crippen molar-refractivity contribution in [2.45, 2.75) is 24.3 Å². The van der Waals surface area contributed by atoms with E-state index in [4.69, 9.17) is 5.11 Å². The molecule has 1 heterocycles. The van der Waals surface area contributed by atoms with Crippen LogP contribution in [-0.4, -0.2) is 22.4 Å². The summed E-state index contributed by atoms with van der Waals surface area (Å²) in [6.45, 7) is 0. The maximum Gasteiger partial charge on any atom is 0.574 e. The number of carbonyl (C=O) groups is 1. The zero-order chi connectivity index (χ0) is 16.4. The highest BCUT2D eigenvalue weighted by Gasteiger charge is 2.42. The number of alkyl halides is 7. The van der Waals surface area contributed by atoms with Crippen LogP contribution >= 0.6 is 15.9 Å². The van der Waals surface area contributed by atoms with Gasteiger partial charge in [0.1, 0.15) is 5.56 Å². The van der Waals surface area contributed by atoms with Gasteiger partial charge < -0.3 is 9.84 Å². The van der Waals surface area contributed by atoms with Gasteiger partial charge >= 0.3 is 18.5 Å². The maximum absolute atomic E-state index is 12.9. The average molecular weight is 382 g/mol. The van der Waals surface area contributed by atoms with E-state index < -0.39 is 41.9 Å². The number of aliphatic carboxylic acids is 1. The molecule has 0 unspecified atom stereocenters. The van der Waals surface area contributed by atoms with E-state index >= 15 is 0 Å². The summed E-state index contributed by atoms with van der Waals surface area (Å²) in [5.74, 6) is -3.35. The van der Waals surface area contributed by atoms with Gasteiger partial charge in [0.2, 0.25) is 5.88 Å². The highest BCUT2D eigenvalue weighted by atomic mass is 79.9. The summed E-state index contributed by atoms with van der Waals surface area (Å²) in [7, 11) is 0. The number of pyridine rings is 1. The second-order valence-electron chi connectivity index (χ2n) is 3.70. The Bertz CT molecular complexity index is 543. The topological polar surface area (TPSA) is 59.4 Å². The number of hydrogen-bond acceptors (Lipinski definition) is 3. The molecule has 0 fully saturated rings. The number of ether oxygens (including phenoxy) is 1. The Morgan fingerprint density at radius 2 is 1.86 bits per heavy atom. The molecule has 1 rings (SSSR count). The lowest BCUT2D eigenvalue weighted by atomic mass is 10.0. The molecule has 0 aromatic carbocycles. The third-order valence-electron chi connectivity index (χ3n) is 2.10. The molecule has 0 bridgehead atoms. The van der Waals surface area contributed by atoms with Gasteiger partial charge in [-0.05, 0) is 11.6 Å². The Kier molecular flexibility index (Phi) is 5.07. The van der Waals surface area contributed by atoms with Crippen LogP contribution in [0.5, 0.6) is 5.88 Å². The van der Waals surface area contributed by atoms with Crippen LogP contribution in [0.4, 0.5) is 26.3 Å². The zero-order valence-corrected chi connectivity index (χ0v) is 11.4. The molecule has 0 radical (unpaired) electrons. The number of rotatable bonds is 4. The molecular formula is C10H6BrF6NO3. The SMILES string of the molecule is O=C(O)Cc1cc(CBr)nc(OC(F)(F)F)c1C(F)(F)F. The monoisotopic (exact) mass is 381 g/mol. The Balaban J connectivity index is 3.54. The highest BCUT2D eigenvalue weighted by Crippen LogP contribution is 2.40. The van der Waals surface area contributed by atoms with Crippen molar-refractivity contribution in [1.82, 2.24) is 4.98 Å². The van der Waals surface area contributed by atoms with Crippen LogP contribution in [0.3, 0.4) is 0 Å². The summed E-state index contributed by atoms with van der Waals surface area (Å²) in [5.41, 5.74) is -2.94. The van der Waals surface area contributed by atoms with Gasteiger partial charge in [0.15, 0.2) is 0 Å². The van der Waals surface area contributed by atoms with Crippen molar-refractivity contribution >= 4 is 21.9 Å². The maximum atomic E-state index is 12.9. The quantitative estimate of drug-likeness (QED) is 0.640. The molecule has 0 saturated carbocycles. The lowest BCUT2D eigenvalue weighted by Crippen LogP contribution is -2.23. The molecule has 0 saturated heterocycles. The Labute approximate surface area is 121 Å². The number of aromatic nitrogens is 1. The van der Waals surface area contributed by atoms with Gasteiger partial charge in [-0.1, -0.05) is 15.9 Å². The largest absolute Gasteiger partial charge is 0.574 e. The summed E-state index contributed by atoms with van der Waals surface area (Å²) in [4.78, 5) is 13.7. The van der Waals surface area contributed by atoms with Crippen molar-refractivity contribution < 1.29 is 41.0 Å². The first kappa shape index (κ1) is 17.5. The number of nitrogens with zero attached hydrogens (tertiary/aromatic N) is 1. The van der Waals surface area contributed by atoms with Crippen molar-refractivity contribution in [1.29, 1.82) is 0 Å².